The van der Waals surface area contributed by atoms with E-state index in [2.05, 4.69) is 26.3 Å². The Morgan fingerprint density at radius 3 is 1.98 bits per heavy atom. The van der Waals surface area contributed by atoms with E-state index in [-0.39, 0.29) is 76.1 Å². The summed E-state index contributed by atoms with van der Waals surface area (Å²) in [5.41, 5.74) is 12.2. The summed E-state index contributed by atoms with van der Waals surface area (Å²) < 4.78 is 0. The number of aliphatic hydroxyl groups is 1. The van der Waals surface area contributed by atoms with Crippen LogP contribution >= 0.6 is 0 Å². The minimum Gasteiger partial charge on any atom is -0.481 e. The molecule has 3 aliphatic heterocycles. The Morgan fingerprint density at radius 2 is 1.38 bits per heavy atom. The highest BCUT2D eigenvalue weighted by molar-refractivity contribution is 5.97. The van der Waals surface area contributed by atoms with Gasteiger partial charge in [0.15, 0.2) is 17.5 Å². The number of hydrogen-bond acceptors (Lipinski definition) is 11. The summed E-state index contributed by atoms with van der Waals surface area (Å²) in [6.45, 7) is 0.281. The molecule has 3 aliphatic rings. The molecule has 19 nitrogen and oxygen atoms in total. The molecule has 0 spiro atoms. The lowest BCUT2D eigenvalue weighted by Crippen LogP contribution is -2.57. The highest BCUT2D eigenvalue weighted by atomic mass is 16.4. The van der Waals surface area contributed by atoms with Gasteiger partial charge in [-0.2, -0.15) is 0 Å². The van der Waals surface area contributed by atoms with Crippen molar-refractivity contribution in [1.29, 1.82) is 0 Å². The van der Waals surface area contributed by atoms with Crippen molar-refractivity contribution in [3.05, 3.63) is 71.8 Å². The quantitative estimate of drug-likeness (QED) is 0.0378. The van der Waals surface area contributed by atoms with Crippen molar-refractivity contribution in [3.8, 4) is 0 Å². The van der Waals surface area contributed by atoms with Crippen LogP contribution in [-0.4, -0.2) is 143 Å². The van der Waals surface area contributed by atoms with Gasteiger partial charge in [-0.05, 0) is 81.9 Å². The number of nitrogens with zero attached hydrogens (tertiary/aromatic N) is 3. The number of aliphatic imine (C=N–C) groups is 1. The summed E-state index contributed by atoms with van der Waals surface area (Å²) in [6, 6.07) is 13.1. The summed E-state index contributed by atoms with van der Waals surface area (Å²) in [4.78, 5) is 114. The molecular weight excluding hydrogens is 839 g/mol. The van der Waals surface area contributed by atoms with Gasteiger partial charge in [0.1, 0.15) is 18.1 Å². The third kappa shape index (κ3) is 14.7. The molecule has 19 heteroatoms. The number of nitrogens with one attached hydrogen (secondary N) is 4. The maximum Gasteiger partial charge on any atom is 0.306 e. The van der Waals surface area contributed by atoms with Gasteiger partial charge in [0.2, 0.25) is 29.5 Å². The van der Waals surface area contributed by atoms with Gasteiger partial charge >= 0.3 is 5.97 Å². The Bertz CT molecular complexity index is 2010. The summed E-state index contributed by atoms with van der Waals surface area (Å²) in [7, 11) is 0. The molecule has 2 aromatic rings. The van der Waals surface area contributed by atoms with Gasteiger partial charge in [-0.25, -0.2) is 0 Å². The first kappa shape index (κ1) is 49.8. The third-order valence-corrected chi connectivity index (χ3v) is 12.3. The number of benzene rings is 2. The molecule has 0 saturated carbocycles. The van der Waals surface area contributed by atoms with Crippen molar-refractivity contribution in [2.45, 2.75) is 107 Å². The first-order valence-corrected chi connectivity index (χ1v) is 22.5. The van der Waals surface area contributed by atoms with Crippen LogP contribution in [0.25, 0.3) is 0 Å². The molecule has 3 fully saturated rings. The molecule has 0 bridgehead atoms. The standard InChI is InChI=1S/C46H63N9O10/c47-46(48)50-20-7-15-31(45(64)65)26-39(58)35(24-30-13-5-2-6-14-30)52-42(61)38-18-10-22-55(38)44(63)36(28-56)53-40(59)32(23-29-11-3-1-4-12-29)25-33(57)27-51-41(60)37-17-9-21-54(37)43(62)34-16-8-19-49-34/h1-6,11-14,31-32,34-38,49,56H,7-10,15-28H2,(H,51,60)(H,52,61)(H,53,59)(H,64,65)(H4,47,48,50)/t31-,32-,34+,35+,36+,37+,38+/m1/s1. The second-order valence-corrected chi connectivity index (χ2v) is 17.0. The number of amides is 5. The van der Waals surface area contributed by atoms with Crippen LogP contribution in [0.1, 0.15) is 75.3 Å². The lowest BCUT2D eigenvalue weighted by molar-refractivity contribution is -0.145. The van der Waals surface area contributed by atoms with Crippen molar-refractivity contribution in [3.63, 3.8) is 0 Å². The van der Waals surface area contributed by atoms with E-state index in [1.807, 2.05) is 0 Å². The number of rotatable bonds is 24. The fourth-order valence-electron chi connectivity index (χ4n) is 8.79. The zero-order valence-corrected chi connectivity index (χ0v) is 36.7. The zero-order valence-electron chi connectivity index (χ0n) is 36.7. The maximum absolute atomic E-state index is 14.1. The van der Waals surface area contributed by atoms with Gasteiger partial charge in [-0.15, -0.1) is 0 Å². The average molecular weight is 902 g/mol. The van der Waals surface area contributed by atoms with E-state index in [9.17, 15) is 48.6 Å². The van der Waals surface area contributed by atoms with Crippen LogP contribution in [0.4, 0.5) is 0 Å². The van der Waals surface area contributed by atoms with E-state index < -0.39 is 83.8 Å². The molecule has 0 aromatic heterocycles. The number of aliphatic carboxylic acids is 1. The first-order valence-electron chi connectivity index (χ1n) is 22.5. The number of likely N-dealkylation sites (tertiary alicyclic amines) is 2. The molecule has 65 heavy (non-hydrogen) atoms. The van der Waals surface area contributed by atoms with E-state index in [1.165, 1.54) is 4.90 Å². The van der Waals surface area contributed by atoms with Crippen molar-refractivity contribution < 1.29 is 48.6 Å². The number of carbonyl (C=O) groups is 8. The number of aliphatic hydroxyl groups excluding tert-OH is 1. The number of carboxylic acids is 1. The van der Waals surface area contributed by atoms with Crippen LogP contribution in [0.15, 0.2) is 65.7 Å². The number of Topliss-reactive ketones (excluding diaryl/α,β-unsaturated/α-hetero) is 2. The lowest BCUT2D eigenvalue weighted by atomic mass is 9.91. The average Bonchev–Trinajstić information content (AvgIpc) is 4.12. The molecule has 0 aliphatic carbocycles. The number of nitrogens with two attached hydrogens (primary N) is 2. The maximum atomic E-state index is 14.1. The molecule has 3 heterocycles. The van der Waals surface area contributed by atoms with Crippen LogP contribution in [0.5, 0.6) is 0 Å². The van der Waals surface area contributed by atoms with Crippen LogP contribution in [-0.2, 0) is 51.2 Å². The van der Waals surface area contributed by atoms with Crippen molar-refractivity contribution in [1.82, 2.24) is 31.1 Å². The molecule has 3 saturated heterocycles. The molecule has 5 rings (SSSR count). The Kier molecular flexibility index (Phi) is 19.0. The molecule has 7 atom stereocenters. The predicted molar refractivity (Wildman–Crippen MR) is 239 cm³/mol. The Morgan fingerprint density at radius 1 is 0.754 bits per heavy atom. The van der Waals surface area contributed by atoms with Crippen LogP contribution in [0.2, 0.25) is 0 Å². The number of ketones is 2. The summed E-state index contributed by atoms with van der Waals surface area (Å²) >= 11 is 0. The lowest BCUT2D eigenvalue weighted by Gasteiger charge is -2.30. The fourth-order valence-corrected chi connectivity index (χ4v) is 8.79. The van der Waals surface area contributed by atoms with E-state index in [4.69, 9.17) is 11.5 Å². The van der Waals surface area contributed by atoms with Crippen LogP contribution in [0, 0.1) is 11.8 Å². The minimum atomic E-state index is -1.48. The molecule has 2 aromatic carbocycles. The van der Waals surface area contributed by atoms with E-state index in [1.54, 1.807) is 65.6 Å². The highest BCUT2D eigenvalue weighted by Gasteiger charge is 2.41. The van der Waals surface area contributed by atoms with Crippen molar-refractivity contribution in [2.75, 3.05) is 39.3 Å². The predicted octanol–water partition coefficient (Wildman–Crippen LogP) is -0.427. The molecule has 5 amide bonds. The summed E-state index contributed by atoms with van der Waals surface area (Å²) in [5, 5.41) is 31.6. The van der Waals surface area contributed by atoms with Gasteiger partial charge in [0, 0.05) is 38.4 Å². The summed E-state index contributed by atoms with van der Waals surface area (Å²) in [6.07, 6.45) is 3.23. The number of carboxylic acid groups (broad SMARTS) is 1. The topological polar surface area (TPSA) is 296 Å². The zero-order chi connectivity index (χ0) is 46.9. The number of hydrogen-bond donors (Lipinski definition) is 8. The SMILES string of the molecule is NC(N)=NCCC[C@H](CC(=O)[C@H](Cc1ccccc1)NC(=O)[C@@H]1CCCN1C(=O)[C@H](CO)NC(=O)[C@@H](CC(=O)CNC(=O)[C@@H]1CCCN1C(=O)[C@@H]1CCCN1)Cc1ccccc1)C(=O)O. The number of guanidine groups is 1. The normalized spacial score (nSPS) is 19.9. The number of carbonyl (C=O) groups excluding carboxylic acids is 7. The van der Waals surface area contributed by atoms with Gasteiger partial charge in [-0.3, -0.25) is 43.3 Å². The summed E-state index contributed by atoms with van der Waals surface area (Å²) in [5.74, 6) is -7.02. The Balaban J connectivity index is 1.23. The second kappa shape index (κ2) is 24.7. The highest BCUT2D eigenvalue weighted by Crippen LogP contribution is 2.23. The smallest absolute Gasteiger partial charge is 0.306 e. The van der Waals surface area contributed by atoms with Gasteiger partial charge < -0.3 is 52.7 Å². The monoisotopic (exact) mass is 901 g/mol. The molecule has 0 radical (unpaired) electrons. The molecule has 352 valence electrons. The Labute approximate surface area is 378 Å². The van der Waals surface area contributed by atoms with Gasteiger partial charge in [0.25, 0.3) is 0 Å². The van der Waals surface area contributed by atoms with Gasteiger partial charge in [0.05, 0.1) is 31.2 Å². The second-order valence-electron chi connectivity index (χ2n) is 17.0. The Hall–Kier alpha value is -6.21. The largest absolute Gasteiger partial charge is 0.481 e. The van der Waals surface area contributed by atoms with Gasteiger partial charge in [-0.1, -0.05) is 60.7 Å². The van der Waals surface area contributed by atoms with Crippen molar-refractivity contribution >= 4 is 53.0 Å². The molecule has 0 unspecified atom stereocenters. The van der Waals surface area contributed by atoms with Crippen molar-refractivity contribution in [2.24, 2.45) is 28.3 Å². The van der Waals surface area contributed by atoms with E-state index in [0.29, 0.717) is 44.2 Å². The third-order valence-electron chi connectivity index (χ3n) is 12.3. The van der Waals surface area contributed by atoms with E-state index >= 15 is 0 Å². The first-order chi connectivity index (χ1) is 31.2. The molecule has 10 N–H and O–H groups in total. The van der Waals surface area contributed by atoms with Crippen LogP contribution in [0.3, 0.4) is 0 Å². The van der Waals surface area contributed by atoms with E-state index in [0.717, 1.165) is 18.5 Å². The minimum absolute atomic E-state index is 0.0593. The molecular formula is C46H63N9O10. The fraction of sp³-hybridized carbons (Fsp3) is 0.543. The van der Waals surface area contributed by atoms with Crippen LogP contribution < -0.4 is 32.7 Å².